The number of aryl methyl sites for hydroxylation is 1. The summed E-state index contributed by atoms with van der Waals surface area (Å²) in [6.45, 7) is 1.79. The molecule has 1 N–H and O–H groups in total. The zero-order chi connectivity index (χ0) is 25.5. The minimum atomic E-state index is -4.65. The van der Waals surface area contributed by atoms with Gasteiger partial charge < -0.3 is 9.84 Å². The fraction of sp³-hybridized carbons (Fsp3) is 0.154. The lowest BCUT2D eigenvalue weighted by Crippen LogP contribution is -2.29. The molecule has 1 saturated heterocycles. The van der Waals surface area contributed by atoms with Crippen LogP contribution in [0.5, 0.6) is 5.75 Å². The lowest BCUT2D eigenvalue weighted by molar-refractivity contribution is -0.137. The molecule has 1 atom stereocenters. The van der Waals surface area contributed by atoms with E-state index >= 15 is 0 Å². The molecule has 9 heteroatoms. The van der Waals surface area contributed by atoms with Crippen molar-refractivity contribution in [2.75, 3.05) is 12.0 Å². The number of carbonyl (C=O) groups excluding carboxylic acids is 2. The maximum atomic E-state index is 13.4. The first-order valence-electron chi connectivity index (χ1n) is 10.4. The van der Waals surface area contributed by atoms with Crippen molar-refractivity contribution >= 4 is 34.7 Å². The fourth-order valence-corrected chi connectivity index (χ4v) is 4.31. The number of aliphatic hydroxyl groups excluding tert-OH is 1. The number of amides is 1. The van der Waals surface area contributed by atoms with E-state index in [-0.39, 0.29) is 21.8 Å². The van der Waals surface area contributed by atoms with Crippen molar-refractivity contribution in [3.8, 4) is 5.75 Å². The first-order chi connectivity index (χ1) is 16.5. The van der Waals surface area contributed by atoms with Crippen LogP contribution >= 0.6 is 11.6 Å². The van der Waals surface area contributed by atoms with Gasteiger partial charge >= 0.3 is 6.18 Å². The van der Waals surface area contributed by atoms with E-state index < -0.39 is 35.2 Å². The van der Waals surface area contributed by atoms with Crippen molar-refractivity contribution in [2.45, 2.75) is 19.1 Å². The van der Waals surface area contributed by atoms with Crippen LogP contribution < -0.4 is 9.64 Å². The summed E-state index contributed by atoms with van der Waals surface area (Å²) in [5.74, 6) is -2.26. The highest BCUT2D eigenvalue weighted by molar-refractivity contribution is 6.51. The second kappa shape index (κ2) is 9.11. The Bertz CT molecular complexity index is 1370. The number of Topliss-reactive ketones (excluding diaryl/α,β-unsaturated/α-hetero) is 1. The van der Waals surface area contributed by atoms with E-state index in [0.29, 0.717) is 11.3 Å². The molecule has 0 spiro atoms. The van der Waals surface area contributed by atoms with E-state index in [1.54, 1.807) is 31.2 Å². The number of anilines is 1. The number of ketones is 1. The van der Waals surface area contributed by atoms with Gasteiger partial charge in [-0.3, -0.25) is 14.5 Å². The van der Waals surface area contributed by atoms with E-state index in [1.165, 1.54) is 31.4 Å². The smallest absolute Gasteiger partial charge is 0.416 e. The van der Waals surface area contributed by atoms with Crippen LogP contribution in [-0.4, -0.2) is 23.9 Å². The van der Waals surface area contributed by atoms with Gasteiger partial charge in [0, 0.05) is 11.3 Å². The van der Waals surface area contributed by atoms with Crippen molar-refractivity contribution in [1.29, 1.82) is 0 Å². The van der Waals surface area contributed by atoms with Crippen molar-refractivity contribution in [2.24, 2.45) is 0 Å². The summed E-state index contributed by atoms with van der Waals surface area (Å²) in [5.41, 5.74) is 0.0317. The van der Waals surface area contributed by atoms with Gasteiger partial charge in [0.15, 0.2) is 0 Å². The summed E-state index contributed by atoms with van der Waals surface area (Å²) in [6, 6.07) is 14.1. The number of ether oxygens (including phenoxy) is 1. The Balaban J connectivity index is 1.95. The summed E-state index contributed by atoms with van der Waals surface area (Å²) >= 11 is 6.18. The predicted octanol–water partition coefficient (Wildman–Crippen LogP) is 6.30. The number of hydrogen-bond donors (Lipinski definition) is 1. The highest BCUT2D eigenvalue weighted by Crippen LogP contribution is 2.44. The summed E-state index contributed by atoms with van der Waals surface area (Å²) in [5, 5.41) is 11.3. The molecule has 0 aromatic heterocycles. The zero-order valence-corrected chi connectivity index (χ0v) is 19.3. The molecule has 180 valence electrons. The predicted molar refractivity (Wildman–Crippen MR) is 125 cm³/mol. The quantitative estimate of drug-likeness (QED) is 0.259. The number of aliphatic hydroxyl groups is 1. The van der Waals surface area contributed by atoms with Gasteiger partial charge in [0.1, 0.15) is 11.5 Å². The van der Waals surface area contributed by atoms with Crippen LogP contribution in [0.2, 0.25) is 5.02 Å². The van der Waals surface area contributed by atoms with Gasteiger partial charge in [-0.05, 0) is 48.9 Å². The third-order valence-electron chi connectivity index (χ3n) is 5.68. The summed E-state index contributed by atoms with van der Waals surface area (Å²) in [4.78, 5) is 27.3. The van der Waals surface area contributed by atoms with Crippen LogP contribution in [0, 0.1) is 6.92 Å². The maximum absolute atomic E-state index is 13.4. The van der Waals surface area contributed by atoms with Crippen LogP contribution in [0.1, 0.15) is 28.3 Å². The molecule has 1 heterocycles. The number of benzene rings is 3. The average molecular weight is 502 g/mol. The lowest BCUT2D eigenvalue weighted by Gasteiger charge is -2.26. The van der Waals surface area contributed by atoms with Gasteiger partial charge in [0.2, 0.25) is 0 Å². The largest absolute Gasteiger partial charge is 0.507 e. The second-order valence-corrected chi connectivity index (χ2v) is 8.39. The molecule has 1 unspecified atom stereocenters. The average Bonchev–Trinajstić information content (AvgIpc) is 3.08. The zero-order valence-electron chi connectivity index (χ0n) is 18.6. The highest BCUT2D eigenvalue weighted by Gasteiger charge is 2.47. The minimum absolute atomic E-state index is 0.125. The number of carbonyl (C=O) groups is 2. The van der Waals surface area contributed by atoms with Gasteiger partial charge in [0.05, 0.1) is 29.3 Å². The Morgan fingerprint density at radius 3 is 2.37 bits per heavy atom. The summed E-state index contributed by atoms with van der Waals surface area (Å²) < 4.78 is 45.3. The normalized spacial score (nSPS) is 17.7. The van der Waals surface area contributed by atoms with Crippen LogP contribution in [0.15, 0.2) is 72.3 Å². The van der Waals surface area contributed by atoms with Crippen LogP contribution in [-0.2, 0) is 15.8 Å². The Hall–Kier alpha value is -3.78. The lowest BCUT2D eigenvalue weighted by atomic mass is 9.94. The molecule has 0 aliphatic carbocycles. The summed E-state index contributed by atoms with van der Waals surface area (Å²) in [7, 11) is 1.42. The first-order valence-corrected chi connectivity index (χ1v) is 10.8. The van der Waals surface area contributed by atoms with Gasteiger partial charge in [0.25, 0.3) is 11.7 Å². The molecule has 1 aliphatic heterocycles. The number of methoxy groups -OCH3 is 1. The Kier molecular flexibility index (Phi) is 6.34. The molecule has 0 bridgehead atoms. The van der Waals surface area contributed by atoms with Crippen LogP contribution in [0.4, 0.5) is 18.9 Å². The molecular weight excluding hydrogens is 483 g/mol. The molecular formula is C26H19ClF3NO4. The van der Waals surface area contributed by atoms with Crippen molar-refractivity contribution in [3.05, 3.63) is 99.6 Å². The van der Waals surface area contributed by atoms with Crippen molar-refractivity contribution in [1.82, 2.24) is 0 Å². The van der Waals surface area contributed by atoms with Gasteiger partial charge in [-0.2, -0.15) is 13.2 Å². The molecule has 1 fully saturated rings. The number of alkyl halides is 3. The standard InChI is InChI=1S/C26H19ClF3NO4/c1-14-5-3-6-15(11-14)22-21(23(32)16-9-10-20(35-2)19(27)12-16)24(33)25(34)31(22)18-8-4-7-17(13-18)26(28,29)30/h3-13,22,32H,1-2H3/b23-21+. The number of rotatable bonds is 4. The molecule has 0 saturated carbocycles. The van der Waals surface area contributed by atoms with Crippen LogP contribution in [0.3, 0.4) is 0 Å². The molecule has 35 heavy (non-hydrogen) atoms. The van der Waals surface area contributed by atoms with Gasteiger partial charge in [-0.15, -0.1) is 0 Å². The van der Waals surface area contributed by atoms with Crippen LogP contribution in [0.25, 0.3) is 5.76 Å². The van der Waals surface area contributed by atoms with Crippen molar-refractivity contribution in [3.63, 3.8) is 0 Å². The van der Waals surface area contributed by atoms with E-state index in [2.05, 4.69) is 0 Å². The molecule has 1 aliphatic rings. The molecule has 5 nitrogen and oxygen atoms in total. The molecule has 1 amide bonds. The third kappa shape index (κ3) is 4.49. The monoisotopic (exact) mass is 501 g/mol. The van der Waals surface area contributed by atoms with Gasteiger partial charge in [-0.25, -0.2) is 0 Å². The first kappa shape index (κ1) is 24.3. The van der Waals surface area contributed by atoms with E-state index in [1.807, 2.05) is 0 Å². The van der Waals surface area contributed by atoms with Crippen molar-refractivity contribution < 1.29 is 32.6 Å². The molecule has 3 aromatic rings. The molecule has 3 aromatic carbocycles. The van der Waals surface area contributed by atoms with E-state index in [4.69, 9.17) is 16.3 Å². The topological polar surface area (TPSA) is 66.8 Å². The Morgan fingerprint density at radius 1 is 1.03 bits per heavy atom. The molecule has 4 rings (SSSR count). The Labute approximate surface area is 204 Å². The number of nitrogens with zero attached hydrogens (tertiary/aromatic N) is 1. The van der Waals surface area contributed by atoms with E-state index in [9.17, 15) is 27.9 Å². The summed E-state index contributed by atoms with van der Waals surface area (Å²) in [6.07, 6.45) is -4.65. The SMILES string of the molecule is COc1ccc(/C(O)=C2\C(=O)C(=O)N(c3cccc(C(F)(F)F)c3)C2c2cccc(C)c2)cc1Cl. The number of hydrogen-bond acceptors (Lipinski definition) is 4. The highest BCUT2D eigenvalue weighted by atomic mass is 35.5. The Morgan fingerprint density at radius 2 is 1.74 bits per heavy atom. The molecule has 0 radical (unpaired) electrons. The minimum Gasteiger partial charge on any atom is -0.507 e. The van der Waals surface area contributed by atoms with E-state index in [0.717, 1.165) is 28.7 Å². The van der Waals surface area contributed by atoms with Gasteiger partial charge in [-0.1, -0.05) is 47.5 Å². The fourth-order valence-electron chi connectivity index (χ4n) is 4.06. The second-order valence-electron chi connectivity index (χ2n) is 7.98. The third-order valence-corrected chi connectivity index (χ3v) is 5.97. The maximum Gasteiger partial charge on any atom is 0.416 e. The number of halogens is 4.